The summed E-state index contributed by atoms with van der Waals surface area (Å²) in [6.45, 7) is 13.6. The molecular weight excluding hydrogens is 544 g/mol. The highest BCUT2D eigenvalue weighted by molar-refractivity contribution is 7.92. The Morgan fingerprint density at radius 1 is 0.976 bits per heavy atom. The van der Waals surface area contributed by atoms with E-state index < -0.39 is 10.0 Å². The second-order valence-electron chi connectivity index (χ2n) is 14.1. The Hall–Kier alpha value is -2.97. The molecule has 42 heavy (non-hydrogen) atoms. The summed E-state index contributed by atoms with van der Waals surface area (Å²) < 4.78 is 36.7. The molecule has 4 bridgehead atoms. The van der Waals surface area contributed by atoms with Gasteiger partial charge in [0.15, 0.2) is 0 Å². The van der Waals surface area contributed by atoms with E-state index in [2.05, 4.69) is 46.8 Å². The topological polar surface area (TPSA) is 93.2 Å². The van der Waals surface area contributed by atoms with E-state index in [9.17, 15) is 8.42 Å². The first-order chi connectivity index (χ1) is 19.9. The standard InChI is InChI=1S/C34H44N4O3S/c1-22-8-6-9-23(2)30(22)28-17-29-37-32(36-28)38-42(39,40)27-11-7-10-24(16-27)31(26(21-41-29)18-33(3,4)5)25-19-34(20-25)12-14-35-15-13-34/h6-11,16-17,25-26,31,35H,12-15,18-21H2,1-5H3,(H,36,37,38)/t26-,31?/m1/s1. The number of ether oxygens (including phenoxy) is 1. The molecule has 3 aromatic rings. The number of piperidine rings is 1. The first-order valence-corrected chi connectivity index (χ1v) is 16.8. The average Bonchev–Trinajstić information content (AvgIpc) is 2.90. The molecule has 224 valence electrons. The number of rotatable bonds is 3. The first-order valence-electron chi connectivity index (χ1n) is 15.3. The maximum absolute atomic E-state index is 13.7. The minimum atomic E-state index is -3.92. The lowest BCUT2D eigenvalue weighted by atomic mass is 9.52. The van der Waals surface area contributed by atoms with Crippen LogP contribution in [0.3, 0.4) is 0 Å². The number of nitrogens with zero attached hydrogens (tertiary/aromatic N) is 2. The molecule has 1 unspecified atom stereocenters. The van der Waals surface area contributed by atoms with Gasteiger partial charge in [0.1, 0.15) is 0 Å². The van der Waals surface area contributed by atoms with Crippen molar-refractivity contribution in [1.29, 1.82) is 0 Å². The van der Waals surface area contributed by atoms with Crippen LogP contribution in [0.15, 0.2) is 53.4 Å². The van der Waals surface area contributed by atoms with E-state index in [0.29, 0.717) is 29.5 Å². The molecule has 1 saturated carbocycles. The van der Waals surface area contributed by atoms with Gasteiger partial charge in [-0.1, -0.05) is 51.1 Å². The highest BCUT2D eigenvalue weighted by atomic mass is 32.2. The number of benzene rings is 2. The summed E-state index contributed by atoms with van der Waals surface area (Å²) in [5.74, 6) is 1.29. The molecule has 1 aromatic heterocycles. The van der Waals surface area contributed by atoms with E-state index in [1.807, 2.05) is 50.2 Å². The second kappa shape index (κ2) is 10.9. The van der Waals surface area contributed by atoms with Crippen molar-refractivity contribution in [3.05, 3.63) is 65.2 Å². The van der Waals surface area contributed by atoms with E-state index in [-0.39, 0.29) is 28.1 Å². The third-order valence-corrected chi connectivity index (χ3v) is 10.9. The fourth-order valence-electron chi connectivity index (χ4n) is 7.83. The largest absolute Gasteiger partial charge is 0.477 e. The number of hydrogen-bond acceptors (Lipinski definition) is 6. The van der Waals surface area contributed by atoms with Gasteiger partial charge in [0.05, 0.1) is 17.2 Å². The van der Waals surface area contributed by atoms with E-state index >= 15 is 0 Å². The summed E-state index contributed by atoms with van der Waals surface area (Å²) in [6, 6.07) is 15.5. The monoisotopic (exact) mass is 588 g/mol. The van der Waals surface area contributed by atoms with Gasteiger partial charge < -0.3 is 10.1 Å². The van der Waals surface area contributed by atoms with Gasteiger partial charge in [-0.3, -0.25) is 0 Å². The van der Waals surface area contributed by atoms with Gasteiger partial charge in [-0.05, 0) is 111 Å². The van der Waals surface area contributed by atoms with Crippen LogP contribution in [0, 0.1) is 36.5 Å². The minimum absolute atomic E-state index is 0.0203. The SMILES string of the molecule is Cc1cccc(C)c1-c1cc2nc(n1)NS(=O)(=O)c1cccc(c1)C(C1CC3(CCNCC3)C1)[C@H](CC(C)(C)C)CO2. The fraction of sp³-hybridized carbons (Fsp3) is 0.529. The predicted octanol–water partition coefficient (Wildman–Crippen LogP) is 6.87. The molecule has 2 atom stereocenters. The normalized spacial score (nSPS) is 23.5. The lowest BCUT2D eigenvalue weighted by Crippen LogP contribution is -2.48. The zero-order valence-electron chi connectivity index (χ0n) is 25.5. The van der Waals surface area contributed by atoms with Crippen LogP contribution in [0.25, 0.3) is 11.3 Å². The summed E-state index contributed by atoms with van der Waals surface area (Å²) >= 11 is 0. The van der Waals surface area contributed by atoms with Crippen molar-refractivity contribution in [3.63, 3.8) is 0 Å². The van der Waals surface area contributed by atoms with Crippen LogP contribution in [0.2, 0.25) is 0 Å². The van der Waals surface area contributed by atoms with Crippen LogP contribution < -0.4 is 14.8 Å². The minimum Gasteiger partial charge on any atom is -0.477 e. The number of aromatic nitrogens is 2. The van der Waals surface area contributed by atoms with Crippen molar-refractivity contribution in [2.45, 2.75) is 77.5 Å². The molecule has 1 aliphatic carbocycles. The Labute approximate surface area is 251 Å². The second-order valence-corrected chi connectivity index (χ2v) is 15.8. The highest BCUT2D eigenvalue weighted by Gasteiger charge is 2.49. The number of aryl methyl sites for hydroxylation is 2. The molecule has 2 fully saturated rings. The molecule has 2 aromatic carbocycles. The molecule has 1 spiro atoms. The molecule has 2 N–H and O–H groups in total. The molecule has 7 nitrogen and oxygen atoms in total. The smallest absolute Gasteiger partial charge is 0.264 e. The van der Waals surface area contributed by atoms with Gasteiger partial charge >= 0.3 is 0 Å². The summed E-state index contributed by atoms with van der Waals surface area (Å²) in [5.41, 5.74) is 5.31. The lowest BCUT2D eigenvalue weighted by molar-refractivity contribution is -0.0138. The highest BCUT2D eigenvalue weighted by Crippen LogP contribution is 2.58. The van der Waals surface area contributed by atoms with Crippen LogP contribution in [0.1, 0.15) is 75.5 Å². The Morgan fingerprint density at radius 2 is 1.67 bits per heavy atom. The van der Waals surface area contributed by atoms with Gasteiger partial charge in [0, 0.05) is 17.5 Å². The van der Waals surface area contributed by atoms with Gasteiger partial charge in [0.2, 0.25) is 11.8 Å². The first kappa shape index (κ1) is 29.1. The van der Waals surface area contributed by atoms with E-state index in [4.69, 9.17) is 4.74 Å². The van der Waals surface area contributed by atoms with Crippen molar-refractivity contribution in [2.24, 2.45) is 22.7 Å². The summed E-state index contributed by atoms with van der Waals surface area (Å²) in [4.78, 5) is 9.47. The number of anilines is 1. The Morgan fingerprint density at radius 3 is 2.36 bits per heavy atom. The van der Waals surface area contributed by atoms with Crippen LogP contribution in [-0.2, 0) is 10.0 Å². The van der Waals surface area contributed by atoms with Crippen LogP contribution in [0.5, 0.6) is 5.88 Å². The molecule has 2 aliphatic heterocycles. The Bertz CT molecular complexity index is 1550. The van der Waals surface area contributed by atoms with Crippen LogP contribution >= 0.6 is 0 Å². The molecule has 0 radical (unpaired) electrons. The molecule has 0 amide bonds. The van der Waals surface area contributed by atoms with Crippen molar-refractivity contribution >= 4 is 16.0 Å². The Kier molecular flexibility index (Phi) is 7.59. The average molecular weight is 589 g/mol. The van der Waals surface area contributed by atoms with Crippen molar-refractivity contribution < 1.29 is 13.2 Å². The van der Waals surface area contributed by atoms with Gasteiger partial charge in [-0.25, -0.2) is 18.1 Å². The zero-order chi connectivity index (χ0) is 29.7. The molecule has 1 saturated heterocycles. The van der Waals surface area contributed by atoms with E-state index in [1.54, 1.807) is 6.07 Å². The van der Waals surface area contributed by atoms with Gasteiger partial charge in [0.25, 0.3) is 10.0 Å². The molecule has 8 heteroatoms. The van der Waals surface area contributed by atoms with Crippen LogP contribution in [0.4, 0.5) is 5.95 Å². The zero-order valence-corrected chi connectivity index (χ0v) is 26.4. The molecule has 3 heterocycles. The van der Waals surface area contributed by atoms with E-state index in [0.717, 1.165) is 41.8 Å². The Balaban J connectivity index is 1.45. The van der Waals surface area contributed by atoms with Crippen molar-refractivity contribution in [1.82, 2.24) is 15.3 Å². The number of hydrogen-bond donors (Lipinski definition) is 2. The molecule has 3 aliphatic rings. The third-order valence-electron chi connectivity index (χ3n) is 9.61. The van der Waals surface area contributed by atoms with Crippen molar-refractivity contribution in [2.75, 3.05) is 24.4 Å². The fourth-order valence-corrected chi connectivity index (χ4v) is 8.83. The molecular formula is C34H44N4O3S. The third kappa shape index (κ3) is 5.93. The van der Waals surface area contributed by atoms with Gasteiger partial charge in [-0.2, -0.15) is 4.98 Å². The number of nitrogens with one attached hydrogen (secondary N) is 2. The summed E-state index contributed by atoms with van der Waals surface area (Å²) in [5, 5.41) is 3.52. The summed E-state index contributed by atoms with van der Waals surface area (Å²) in [6.07, 6.45) is 5.77. The van der Waals surface area contributed by atoms with Crippen molar-refractivity contribution in [3.8, 4) is 17.1 Å². The maximum atomic E-state index is 13.7. The van der Waals surface area contributed by atoms with Gasteiger partial charge in [-0.15, -0.1) is 0 Å². The molecule has 6 rings (SSSR count). The number of fused-ring (bicyclic) bond motifs is 4. The summed E-state index contributed by atoms with van der Waals surface area (Å²) in [7, 11) is -3.92. The predicted molar refractivity (Wildman–Crippen MR) is 167 cm³/mol. The number of sulfonamides is 1. The van der Waals surface area contributed by atoms with E-state index in [1.165, 1.54) is 25.7 Å². The quantitative estimate of drug-likeness (QED) is 0.347. The maximum Gasteiger partial charge on any atom is 0.264 e. The van der Waals surface area contributed by atoms with Crippen LogP contribution in [-0.4, -0.2) is 38.1 Å². The lowest BCUT2D eigenvalue weighted by Gasteiger charge is -2.54.